The summed E-state index contributed by atoms with van der Waals surface area (Å²) < 4.78 is 0. The van der Waals surface area contributed by atoms with E-state index in [1.54, 1.807) is 6.07 Å². The van der Waals surface area contributed by atoms with E-state index in [9.17, 15) is 9.90 Å². The van der Waals surface area contributed by atoms with Gasteiger partial charge in [-0.3, -0.25) is 4.79 Å². The highest BCUT2D eigenvalue weighted by molar-refractivity contribution is 5.86. The van der Waals surface area contributed by atoms with Crippen molar-refractivity contribution in [1.82, 2.24) is 15.8 Å². The minimum absolute atomic E-state index is 0.0284. The molecule has 0 spiro atoms. The van der Waals surface area contributed by atoms with Crippen LogP contribution in [0.3, 0.4) is 0 Å². The monoisotopic (exact) mass is 413 g/mol. The largest absolute Gasteiger partial charge is 0.508 e. The van der Waals surface area contributed by atoms with Crippen LogP contribution in [0, 0.1) is 12.8 Å². The van der Waals surface area contributed by atoms with Crippen molar-refractivity contribution in [3.8, 4) is 5.75 Å². The Morgan fingerprint density at radius 2 is 1.55 bits per heavy atom. The summed E-state index contributed by atoms with van der Waals surface area (Å²) >= 11 is 0. The molecule has 2 aliphatic rings. The first-order chi connectivity index (χ1) is 15.1. The standard InChI is InChI=1S/C26H27N3O2/c1-17-11-13-19(14-12-17)25-22-23(20-9-5-6-10-21(20)30)27-28-24(22)26(31)29(25)16-15-18-7-3-2-4-8-18/h2-14,22-25,27-28,30H,15-16H2,1H3. The molecule has 3 aromatic rings. The van der Waals surface area contributed by atoms with Gasteiger partial charge in [-0.05, 0) is 30.5 Å². The van der Waals surface area contributed by atoms with Crippen LogP contribution in [0.4, 0.5) is 0 Å². The van der Waals surface area contributed by atoms with E-state index in [1.165, 1.54) is 11.1 Å². The Labute approximate surface area is 182 Å². The van der Waals surface area contributed by atoms with Gasteiger partial charge in [-0.25, -0.2) is 10.9 Å². The predicted molar refractivity (Wildman–Crippen MR) is 120 cm³/mol. The van der Waals surface area contributed by atoms with Crippen LogP contribution in [0.5, 0.6) is 5.75 Å². The summed E-state index contributed by atoms with van der Waals surface area (Å²) in [4.78, 5) is 15.5. The molecule has 1 amide bonds. The molecular weight excluding hydrogens is 386 g/mol. The van der Waals surface area contributed by atoms with Gasteiger partial charge < -0.3 is 10.0 Å². The van der Waals surface area contributed by atoms with E-state index >= 15 is 0 Å². The fourth-order valence-corrected chi connectivity index (χ4v) is 5.02. The predicted octanol–water partition coefficient (Wildman–Crippen LogP) is 3.66. The second kappa shape index (κ2) is 8.17. The molecule has 2 aliphatic heterocycles. The number of fused-ring (bicyclic) bond motifs is 1. The van der Waals surface area contributed by atoms with Crippen molar-refractivity contribution < 1.29 is 9.90 Å². The Morgan fingerprint density at radius 3 is 2.29 bits per heavy atom. The zero-order chi connectivity index (χ0) is 21.4. The number of rotatable bonds is 5. The number of carbonyl (C=O) groups excluding carboxylic acids is 1. The lowest BCUT2D eigenvalue weighted by atomic mass is 9.83. The highest BCUT2D eigenvalue weighted by Gasteiger charge is 2.55. The molecule has 0 saturated carbocycles. The van der Waals surface area contributed by atoms with Crippen LogP contribution in [-0.4, -0.2) is 28.5 Å². The van der Waals surface area contributed by atoms with Crippen molar-refractivity contribution in [3.05, 3.63) is 101 Å². The van der Waals surface area contributed by atoms with Crippen LogP contribution in [0.2, 0.25) is 0 Å². The molecule has 2 fully saturated rings. The number of hydrazine groups is 1. The minimum Gasteiger partial charge on any atom is -0.508 e. The Kier molecular flexibility index (Phi) is 5.22. The number of aromatic hydroxyl groups is 1. The van der Waals surface area contributed by atoms with Gasteiger partial charge in [0.1, 0.15) is 11.8 Å². The van der Waals surface area contributed by atoms with Crippen LogP contribution in [0.25, 0.3) is 0 Å². The zero-order valence-corrected chi connectivity index (χ0v) is 17.5. The SMILES string of the molecule is Cc1ccc(C2C3C(NNC3c3ccccc3O)C(=O)N2CCc2ccccc2)cc1. The van der Waals surface area contributed by atoms with E-state index in [4.69, 9.17) is 0 Å². The quantitative estimate of drug-likeness (QED) is 0.597. The molecule has 0 aliphatic carbocycles. The molecule has 5 nitrogen and oxygen atoms in total. The number of hydrogen-bond donors (Lipinski definition) is 3. The number of aryl methyl sites for hydroxylation is 1. The van der Waals surface area contributed by atoms with Crippen molar-refractivity contribution in [2.24, 2.45) is 5.92 Å². The van der Waals surface area contributed by atoms with Crippen LogP contribution in [0.1, 0.15) is 34.3 Å². The molecule has 4 unspecified atom stereocenters. The molecule has 2 saturated heterocycles. The fourth-order valence-electron chi connectivity index (χ4n) is 5.02. The first-order valence-corrected chi connectivity index (χ1v) is 10.8. The maximum atomic E-state index is 13.5. The van der Waals surface area contributed by atoms with Crippen molar-refractivity contribution in [1.29, 1.82) is 0 Å². The van der Waals surface area contributed by atoms with E-state index in [-0.39, 0.29) is 35.7 Å². The van der Waals surface area contributed by atoms with Crippen LogP contribution in [-0.2, 0) is 11.2 Å². The molecule has 2 heterocycles. The first-order valence-electron chi connectivity index (χ1n) is 10.8. The van der Waals surface area contributed by atoms with Crippen molar-refractivity contribution >= 4 is 5.91 Å². The van der Waals surface area contributed by atoms with Gasteiger partial charge in [0, 0.05) is 18.0 Å². The lowest BCUT2D eigenvalue weighted by Crippen LogP contribution is -2.42. The number of nitrogens with zero attached hydrogens (tertiary/aromatic N) is 1. The molecule has 0 aromatic heterocycles. The van der Waals surface area contributed by atoms with Crippen molar-refractivity contribution in [2.45, 2.75) is 31.5 Å². The second-order valence-corrected chi connectivity index (χ2v) is 8.50. The number of benzene rings is 3. The topological polar surface area (TPSA) is 64.6 Å². The third kappa shape index (κ3) is 3.60. The second-order valence-electron chi connectivity index (χ2n) is 8.50. The molecule has 158 valence electrons. The van der Waals surface area contributed by atoms with Gasteiger partial charge in [0.05, 0.1) is 12.1 Å². The number of hydrogen-bond acceptors (Lipinski definition) is 4. The maximum absolute atomic E-state index is 13.5. The summed E-state index contributed by atoms with van der Waals surface area (Å²) in [5.41, 5.74) is 10.9. The van der Waals surface area contributed by atoms with Gasteiger partial charge >= 0.3 is 0 Å². The summed E-state index contributed by atoms with van der Waals surface area (Å²) in [7, 11) is 0. The van der Waals surface area contributed by atoms with Gasteiger partial charge in [0.25, 0.3) is 0 Å². The van der Waals surface area contributed by atoms with Crippen LogP contribution >= 0.6 is 0 Å². The number of nitrogens with one attached hydrogen (secondary N) is 2. The van der Waals surface area contributed by atoms with Gasteiger partial charge in [-0.15, -0.1) is 0 Å². The minimum atomic E-state index is -0.327. The average molecular weight is 414 g/mol. The summed E-state index contributed by atoms with van der Waals surface area (Å²) in [5.74, 6) is 0.330. The Bertz CT molecular complexity index is 1070. The smallest absolute Gasteiger partial charge is 0.242 e. The Balaban J connectivity index is 1.51. The molecule has 3 aromatic carbocycles. The number of phenols is 1. The number of carbonyl (C=O) groups is 1. The van der Waals surface area contributed by atoms with Crippen LogP contribution in [0.15, 0.2) is 78.9 Å². The lowest BCUT2D eigenvalue weighted by molar-refractivity contribution is -0.130. The first kappa shape index (κ1) is 19.8. The number of amides is 1. The number of likely N-dealkylation sites (tertiary alicyclic amines) is 1. The molecular formula is C26H27N3O2. The fraction of sp³-hybridized carbons (Fsp3) is 0.269. The van der Waals surface area contributed by atoms with E-state index in [2.05, 4.69) is 54.2 Å². The number of para-hydroxylation sites is 1. The number of phenolic OH excluding ortho intramolecular Hbond substituents is 1. The van der Waals surface area contributed by atoms with E-state index < -0.39 is 0 Å². The molecule has 3 N–H and O–H groups in total. The molecule has 31 heavy (non-hydrogen) atoms. The Hall–Kier alpha value is -3.15. The molecule has 0 bridgehead atoms. The lowest BCUT2D eigenvalue weighted by Gasteiger charge is -2.31. The van der Waals surface area contributed by atoms with Gasteiger partial charge in [0.2, 0.25) is 5.91 Å². The van der Waals surface area contributed by atoms with E-state index in [1.807, 2.05) is 41.3 Å². The maximum Gasteiger partial charge on any atom is 0.242 e. The third-order valence-electron chi connectivity index (χ3n) is 6.59. The van der Waals surface area contributed by atoms with E-state index in [0.29, 0.717) is 6.54 Å². The summed E-state index contributed by atoms with van der Waals surface area (Å²) in [6.07, 6.45) is 0.809. The van der Waals surface area contributed by atoms with Crippen molar-refractivity contribution in [3.63, 3.8) is 0 Å². The van der Waals surface area contributed by atoms with Gasteiger partial charge in [0.15, 0.2) is 0 Å². The average Bonchev–Trinajstić information content (AvgIpc) is 3.33. The van der Waals surface area contributed by atoms with Gasteiger partial charge in [-0.2, -0.15) is 0 Å². The molecule has 5 rings (SSSR count). The third-order valence-corrected chi connectivity index (χ3v) is 6.59. The normalized spacial score (nSPS) is 25.1. The highest BCUT2D eigenvalue weighted by Crippen LogP contribution is 2.48. The molecule has 0 radical (unpaired) electrons. The van der Waals surface area contributed by atoms with Gasteiger partial charge in [-0.1, -0.05) is 78.4 Å². The summed E-state index contributed by atoms with van der Waals surface area (Å²) in [5, 5.41) is 10.5. The van der Waals surface area contributed by atoms with Crippen molar-refractivity contribution in [2.75, 3.05) is 6.54 Å². The van der Waals surface area contributed by atoms with Crippen LogP contribution < -0.4 is 10.9 Å². The molecule has 4 atom stereocenters. The summed E-state index contributed by atoms with van der Waals surface area (Å²) in [6.45, 7) is 2.73. The Morgan fingerprint density at radius 1 is 0.871 bits per heavy atom. The van der Waals surface area contributed by atoms with E-state index in [0.717, 1.165) is 17.5 Å². The highest BCUT2D eigenvalue weighted by atomic mass is 16.3. The zero-order valence-electron chi connectivity index (χ0n) is 17.5. The summed E-state index contributed by atoms with van der Waals surface area (Å²) in [6, 6.07) is 25.6. The molecule has 5 heteroatoms.